The van der Waals surface area contributed by atoms with Gasteiger partial charge < -0.3 is 15.2 Å². The predicted octanol–water partition coefficient (Wildman–Crippen LogP) is 2.49. The summed E-state index contributed by atoms with van der Waals surface area (Å²) < 4.78 is 44.9. The predicted molar refractivity (Wildman–Crippen MR) is 77.0 cm³/mol. The van der Waals surface area contributed by atoms with Crippen LogP contribution in [0.3, 0.4) is 0 Å². The molecule has 0 aliphatic rings. The minimum absolute atomic E-state index is 0.0227. The van der Waals surface area contributed by atoms with Gasteiger partial charge in [-0.15, -0.1) is 0 Å². The largest absolute Gasteiger partial charge is 0.503 e. The molecule has 0 atom stereocenters. The van der Waals surface area contributed by atoms with Gasteiger partial charge in [0.15, 0.2) is 17.4 Å². The van der Waals surface area contributed by atoms with Gasteiger partial charge in [-0.2, -0.15) is 9.65 Å². The molecule has 2 rings (SSSR count). The van der Waals surface area contributed by atoms with Crippen molar-refractivity contribution >= 4 is 5.91 Å². The fourth-order valence-corrected chi connectivity index (χ4v) is 1.81. The standard InChI is InChI=1S/C16H11F3N2O3/c17-12-7-11(13(18)15(22)14(12)19)16(23)21-5-6-24-10-3-1-9(8-20)2-4-10/h1-4,7,22H,5-6H2,(H,21,23). The Morgan fingerprint density at radius 2 is 1.88 bits per heavy atom. The Bertz CT molecular complexity index is 802. The number of halogens is 3. The molecule has 2 N–H and O–H groups in total. The van der Waals surface area contributed by atoms with E-state index in [9.17, 15) is 18.0 Å². The number of phenols is 1. The highest BCUT2D eigenvalue weighted by molar-refractivity contribution is 5.94. The topological polar surface area (TPSA) is 82.3 Å². The SMILES string of the molecule is N#Cc1ccc(OCCNC(=O)c2cc(F)c(F)c(O)c2F)cc1. The molecule has 124 valence electrons. The number of rotatable bonds is 5. The number of phenolic OH excluding ortho intramolecular Hbond substituents is 1. The zero-order valence-corrected chi connectivity index (χ0v) is 12.1. The van der Waals surface area contributed by atoms with Crippen LogP contribution in [-0.2, 0) is 0 Å². The lowest BCUT2D eigenvalue weighted by atomic mass is 10.1. The van der Waals surface area contributed by atoms with Crippen molar-refractivity contribution in [1.82, 2.24) is 5.32 Å². The fourth-order valence-electron chi connectivity index (χ4n) is 1.81. The Kier molecular flexibility index (Phi) is 5.27. The van der Waals surface area contributed by atoms with Crippen LogP contribution < -0.4 is 10.1 Å². The summed E-state index contributed by atoms with van der Waals surface area (Å²) in [5.41, 5.74) is -0.353. The van der Waals surface area contributed by atoms with Gasteiger partial charge in [-0.3, -0.25) is 4.79 Å². The van der Waals surface area contributed by atoms with Crippen molar-refractivity contribution in [3.05, 3.63) is 58.9 Å². The quantitative estimate of drug-likeness (QED) is 0.649. The molecule has 8 heteroatoms. The highest BCUT2D eigenvalue weighted by atomic mass is 19.2. The van der Waals surface area contributed by atoms with Crippen molar-refractivity contribution < 1.29 is 27.8 Å². The number of carbonyl (C=O) groups excluding carboxylic acids is 1. The van der Waals surface area contributed by atoms with Crippen LogP contribution in [0, 0.1) is 28.8 Å². The summed E-state index contributed by atoms with van der Waals surface area (Å²) in [6.45, 7) is -0.0209. The Morgan fingerprint density at radius 3 is 2.50 bits per heavy atom. The molecule has 2 aromatic carbocycles. The van der Waals surface area contributed by atoms with E-state index in [2.05, 4.69) is 5.32 Å². The van der Waals surface area contributed by atoms with E-state index in [0.29, 0.717) is 17.4 Å². The molecule has 0 aliphatic heterocycles. The number of nitrogens with zero attached hydrogens (tertiary/aromatic N) is 1. The first-order valence-corrected chi connectivity index (χ1v) is 6.71. The molecule has 2 aromatic rings. The van der Waals surface area contributed by atoms with Gasteiger partial charge in [0.2, 0.25) is 5.82 Å². The molecular formula is C16H11F3N2O3. The molecule has 0 fully saturated rings. The number of amides is 1. The summed E-state index contributed by atoms with van der Waals surface area (Å²) in [7, 11) is 0. The molecule has 0 spiro atoms. The number of aromatic hydroxyl groups is 1. The average molecular weight is 336 g/mol. The maximum absolute atomic E-state index is 13.6. The number of nitriles is 1. The van der Waals surface area contributed by atoms with Crippen molar-refractivity contribution in [2.45, 2.75) is 0 Å². The van der Waals surface area contributed by atoms with Gasteiger partial charge >= 0.3 is 0 Å². The monoisotopic (exact) mass is 336 g/mol. The van der Waals surface area contributed by atoms with Crippen LogP contribution in [0.2, 0.25) is 0 Å². The van der Waals surface area contributed by atoms with E-state index in [1.165, 1.54) is 0 Å². The third-order valence-electron chi connectivity index (χ3n) is 3.02. The first-order chi connectivity index (χ1) is 11.4. The smallest absolute Gasteiger partial charge is 0.254 e. The third-order valence-corrected chi connectivity index (χ3v) is 3.02. The second kappa shape index (κ2) is 7.37. The van der Waals surface area contributed by atoms with Crippen LogP contribution >= 0.6 is 0 Å². The third kappa shape index (κ3) is 3.76. The maximum atomic E-state index is 13.6. The van der Waals surface area contributed by atoms with Crippen LogP contribution in [0.15, 0.2) is 30.3 Å². The van der Waals surface area contributed by atoms with Crippen molar-refractivity contribution in [3.63, 3.8) is 0 Å². The van der Waals surface area contributed by atoms with Crippen molar-refractivity contribution in [2.24, 2.45) is 0 Å². The molecule has 0 saturated heterocycles. The molecule has 0 aromatic heterocycles. The van der Waals surface area contributed by atoms with Crippen LogP contribution in [0.4, 0.5) is 13.2 Å². The van der Waals surface area contributed by atoms with Gasteiger partial charge in [-0.1, -0.05) is 0 Å². The lowest BCUT2D eigenvalue weighted by Gasteiger charge is -2.09. The Morgan fingerprint density at radius 1 is 1.21 bits per heavy atom. The number of carbonyl (C=O) groups is 1. The van der Waals surface area contributed by atoms with Gasteiger partial charge in [0.05, 0.1) is 23.7 Å². The lowest BCUT2D eigenvalue weighted by molar-refractivity contribution is 0.0941. The van der Waals surface area contributed by atoms with Crippen molar-refractivity contribution in [1.29, 1.82) is 5.26 Å². The zero-order chi connectivity index (χ0) is 17.7. The van der Waals surface area contributed by atoms with E-state index in [1.54, 1.807) is 24.3 Å². The fraction of sp³-hybridized carbons (Fsp3) is 0.125. The summed E-state index contributed by atoms with van der Waals surface area (Å²) >= 11 is 0. The van der Waals surface area contributed by atoms with E-state index in [0.717, 1.165) is 0 Å². The molecule has 0 aliphatic carbocycles. The van der Waals surface area contributed by atoms with Crippen molar-refractivity contribution in [2.75, 3.05) is 13.2 Å². The zero-order valence-electron chi connectivity index (χ0n) is 12.1. The maximum Gasteiger partial charge on any atom is 0.254 e. The lowest BCUT2D eigenvalue weighted by Crippen LogP contribution is -2.29. The number of hydrogen-bond donors (Lipinski definition) is 2. The molecule has 0 heterocycles. The minimum atomic E-state index is -1.76. The van der Waals surface area contributed by atoms with Gasteiger partial charge in [-0.05, 0) is 30.3 Å². The summed E-state index contributed by atoms with van der Waals surface area (Å²) in [4.78, 5) is 11.7. The molecule has 0 bridgehead atoms. The van der Waals surface area contributed by atoms with Crippen LogP contribution in [0.5, 0.6) is 11.5 Å². The Labute approximate surface area is 134 Å². The van der Waals surface area contributed by atoms with Crippen molar-refractivity contribution in [3.8, 4) is 17.6 Å². The number of ether oxygens (including phenoxy) is 1. The van der Waals surface area contributed by atoms with E-state index >= 15 is 0 Å². The normalized spacial score (nSPS) is 10.1. The molecule has 0 radical (unpaired) electrons. The number of nitrogens with one attached hydrogen (secondary N) is 1. The van der Waals surface area contributed by atoms with Gasteiger partial charge in [0.1, 0.15) is 12.4 Å². The molecular weight excluding hydrogens is 325 g/mol. The molecule has 24 heavy (non-hydrogen) atoms. The van der Waals surface area contributed by atoms with E-state index in [4.69, 9.17) is 15.1 Å². The summed E-state index contributed by atoms with van der Waals surface area (Å²) in [6, 6.07) is 8.53. The molecule has 0 unspecified atom stereocenters. The summed E-state index contributed by atoms with van der Waals surface area (Å²) in [6.07, 6.45) is 0. The summed E-state index contributed by atoms with van der Waals surface area (Å²) in [5.74, 6) is -6.94. The van der Waals surface area contributed by atoms with Crippen LogP contribution in [0.1, 0.15) is 15.9 Å². The molecule has 0 saturated carbocycles. The van der Waals surface area contributed by atoms with E-state index in [-0.39, 0.29) is 13.2 Å². The molecule has 5 nitrogen and oxygen atoms in total. The van der Waals surface area contributed by atoms with Crippen LogP contribution in [-0.4, -0.2) is 24.2 Å². The van der Waals surface area contributed by atoms with Crippen LogP contribution in [0.25, 0.3) is 0 Å². The number of hydrogen-bond acceptors (Lipinski definition) is 4. The number of benzene rings is 2. The first kappa shape index (κ1) is 17.1. The minimum Gasteiger partial charge on any atom is -0.503 e. The Hall–Kier alpha value is -3.21. The average Bonchev–Trinajstić information content (AvgIpc) is 2.60. The second-order valence-corrected chi connectivity index (χ2v) is 4.62. The van der Waals surface area contributed by atoms with Gasteiger partial charge in [-0.25, -0.2) is 8.78 Å². The Balaban J connectivity index is 1.91. The van der Waals surface area contributed by atoms with Gasteiger partial charge in [0, 0.05) is 0 Å². The first-order valence-electron chi connectivity index (χ1n) is 6.71. The highest BCUT2D eigenvalue weighted by Crippen LogP contribution is 2.25. The van der Waals surface area contributed by atoms with Gasteiger partial charge in [0.25, 0.3) is 5.91 Å². The molecule has 1 amide bonds. The second-order valence-electron chi connectivity index (χ2n) is 4.62. The van der Waals surface area contributed by atoms with E-state index < -0.39 is 34.7 Å². The highest BCUT2D eigenvalue weighted by Gasteiger charge is 2.22. The summed E-state index contributed by atoms with van der Waals surface area (Å²) in [5, 5.41) is 20.0. The van der Waals surface area contributed by atoms with E-state index in [1.807, 2.05) is 6.07 Å².